The number of primary amides is 1. The molecule has 2 aromatic carbocycles. The van der Waals surface area contributed by atoms with E-state index in [2.05, 4.69) is 11.0 Å². The fourth-order valence-electron chi connectivity index (χ4n) is 5.80. The molecule has 2 atom stereocenters. The summed E-state index contributed by atoms with van der Waals surface area (Å²) in [6.07, 6.45) is 1.80. The van der Waals surface area contributed by atoms with Crippen molar-refractivity contribution in [2.24, 2.45) is 11.7 Å². The smallest absolute Gasteiger partial charge is 0.258 e. The van der Waals surface area contributed by atoms with E-state index < -0.39 is 35.4 Å². The molecule has 220 valence electrons. The van der Waals surface area contributed by atoms with E-state index in [1.165, 1.54) is 12.1 Å². The number of ether oxygens (including phenoxy) is 1. The number of likely N-dealkylation sites (tertiary alicyclic amines) is 2. The highest BCUT2D eigenvalue weighted by Crippen LogP contribution is 2.34. The van der Waals surface area contributed by atoms with E-state index in [0.29, 0.717) is 43.2 Å². The molecule has 10 heteroatoms. The van der Waals surface area contributed by atoms with Gasteiger partial charge in [0, 0.05) is 18.7 Å². The van der Waals surface area contributed by atoms with E-state index in [1.807, 2.05) is 13.8 Å². The van der Waals surface area contributed by atoms with Gasteiger partial charge in [0.2, 0.25) is 5.91 Å². The number of nitrogens with two attached hydrogens (primary N) is 1. The van der Waals surface area contributed by atoms with Gasteiger partial charge in [0.25, 0.3) is 5.91 Å². The monoisotopic (exact) mass is 568 g/mol. The second kappa shape index (κ2) is 13.0. The molecule has 0 bridgehead atoms. The van der Waals surface area contributed by atoms with Crippen molar-refractivity contribution in [3.63, 3.8) is 0 Å². The molecule has 2 amide bonds. The normalized spacial score (nSPS) is 20.1. The van der Waals surface area contributed by atoms with Crippen molar-refractivity contribution in [2.75, 3.05) is 32.8 Å². The molecule has 3 N–H and O–H groups in total. The van der Waals surface area contributed by atoms with Crippen LogP contribution in [-0.2, 0) is 4.79 Å². The highest BCUT2D eigenvalue weighted by molar-refractivity contribution is 6.04. The first kappa shape index (κ1) is 30.4. The fraction of sp³-hybridized carbons (Fsp3) is 0.516. The molecule has 0 spiro atoms. The fourth-order valence-corrected chi connectivity index (χ4v) is 5.80. The summed E-state index contributed by atoms with van der Waals surface area (Å²) in [5.41, 5.74) is 4.69. The van der Waals surface area contributed by atoms with Crippen LogP contribution in [0.15, 0.2) is 36.4 Å². The maximum atomic E-state index is 15.1. The number of piperidine rings is 1. The molecule has 0 aliphatic carbocycles. The van der Waals surface area contributed by atoms with Crippen molar-refractivity contribution in [2.45, 2.75) is 63.8 Å². The first-order chi connectivity index (χ1) is 19.6. The summed E-state index contributed by atoms with van der Waals surface area (Å²) in [6, 6.07) is 9.83. The van der Waals surface area contributed by atoms with E-state index in [9.17, 15) is 24.3 Å². The number of carbonyl (C=O) groups is 2. The Kier molecular flexibility index (Phi) is 9.61. The minimum absolute atomic E-state index is 0.0457. The molecule has 2 aliphatic heterocycles. The molecule has 2 fully saturated rings. The lowest BCUT2D eigenvalue weighted by Crippen LogP contribution is -2.48. The van der Waals surface area contributed by atoms with E-state index in [1.54, 1.807) is 18.2 Å². The molecule has 2 saturated heterocycles. The molecule has 4 rings (SSSR count). The van der Waals surface area contributed by atoms with Crippen molar-refractivity contribution in [3.05, 3.63) is 53.3 Å². The average Bonchev–Trinajstić information content (AvgIpc) is 3.37. The Balaban J connectivity index is 1.47. The van der Waals surface area contributed by atoms with Crippen LogP contribution in [0.1, 0.15) is 61.9 Å². The van der Waals surface area contributed by atoms with Gasteiger partial charge in [-0.25, -0.2) is 8.78 Å². The van der Waals surface area contributed by atoms with E-state index in [-0.39, 0.29) is 29.7 Å². The Morgan fingerprint density at radius 2 is 1.83 bits per heavy atom. The third-order valence-electron chi connectivity index (χ3n) is 8.51. The highest BCUT2D eigenvalue weighted by Gasteiger charge is 2.41. The van der Waals surface area contributed by atoms with Crippen LogP contribution in [0.25, 0.3) is 11.1 Å². The number of alkyl halides is 1. The number of aliphatic hydroxyl groups is 1. The van der Waals surface area contributed by atoms with Crippen molar-refractivity contribution in [1.29, 1.82) is 5.26 Å². The number of halogens is 2. The summed E-state index contributed by atoms with van der Waals surface area (Å²) >= 11 is 0. The number of hydrogen-bond acceptors (Lipinski definition) is 6. The average molecular weight is 569 g/mol. The first-order valence-electron chi connectivity index (χ1n) is 14.3. The second-order valence-electron chi connectivity index (χ2n) is 11.1. The number of nitrogens with zero attached hydrogens (tertiary/aromatic N) is 3. The summed E-state index contributed by atoms with van der Waals surface area (Å²) in [5, 5.41) is 20.1. The minimum Gasteiger partial charge on any atom is -0.493 e. The van der Waals surface area contributed by atoms with Crippen LogP contribution in [0.4, 0.5) is 8.78 Å². The summed E-state index contributed by atoms with van der Waals surface area (Å²) in [6.45, 7) is 6.34. The zero-order valence-electron chi connectivity index (χ0n) is 23.6. The zero-order valence-corrected chi connectivity index (χ0v) is 23.6. The number of nitriles is 1. The molecular weight excluding hydrogens is 530 g/mol. The van der Waals surface area contributed by atoms with Gasteiger partial charge in [-0.3, -0.25) is 9.59 Å². The molecule has 0 aromatic heterocycles. The Morgan fingerprint density at radius 1 is 1.12 bits per heavy atom. The Bertz CT molecular complexity index is 1300. The zero-order chi connectivity index (χ0) is 29.7. The van der Waals surface area contributed by atoms with E-state index in [4.69, 9.17) is 10.5 Å². The van der Waals surface area contributed by atoms with Gasteiger partial charge in [0.05, 0.1) is 29.9 Å². The topological polar surface area (TPSA) is 120 Å². The molecule has 0 saturated carbocycles. The second-order valence-corrected chi connectivity index (χ2v) is 11.1. The summed E-state index contributed by atoms with van der Waals surface area (Å²) in [4.78, 5) is 28.6. The third kappa shape index (κ3) is 6.68. The minimum atomic E-state index is -1.26. The van der Waals surface area contributed by atoms with Gasteiger partial charge in [-0.05, 0) is 80.9 Å². The van der Waals surface area contributed by atoms with Crippen LogP contribution in [0.2, 0.25) is 0 Å². The van der Waals surface area contributed by atoms with E-state index >= 15 is 4.39 Å². The van der Waals surface area contributed by atoms with Gasteiger partial charge in [-0.15, -0.1) is 0 Å². The SMILES string of the molecule is CCC(F)(CC)CN1CCC(COc2ccc(-c3cccc(F)c3C(=O)N3CC[C@H](O)[C@H]3C(N)=O)c(C#N)c2)CC1. The van der Waals surface area contributed by atoms with Gasteiger partial charge in [0.1, 0.15) is 23.3 Å². The molecule has 2 heterocycles. The van der Waals surface area contributed by atoms with Crippen molar-refractivity contribution < 1.29 is 28.2 Å². The quantitative estimate of drug-likeness (QED) is 0.446. The van der Waals surface area contributed by atoms with Crippen LogP contribution >= 0.6 is 0 Å². The number of benzene rings is 2. The predicted octanol–water partition coefficient (Wildman–Crippen LogP) is 4.04. The standard InChI is InChI=1S/C31H38F2N4O4/c1-3-31(33,4-2)19-36-13-10-20(11-14-36)18-41-22-8-9-23(21(16-22)17-34)24-6-5-7-25(32)27(24)30(40)37-15-12-26(38)28(37)29(35)39/h5-9,16,20,26,28,38H,3-4,10-15,18-19H2,1-2H3,(H2,35,39)/t26-,28-/m0/s1. The molecule has 0 unspecified atom stereocenters. The maximum Gasteiger partial charge on any atom is 0.258 e. The van der Waals surface area contributed by atoms with Crippen LogP contribution in [-0.4, -0.2) is 77.3 Å². The Labute approximate surface area is 239 Å². The predicted molar refractivity (Wildman–Crippen MR) is 150 cm³/mol. The summed E-state index contributed by atoms with van der Waals surface area (Å²) < 4.78 is 35.9. The van der Waals surface area contributed by atoms with Crippen LogP contribution in [0.3, 0.4) is 0 Å². The lowest BCUT2D eigenvalue weighted by atomic mass is 9.93. The van der Waals surface area contributed by atoms with Gasteiger partial charge in [-0.2, -0.15) is 5.26 Å². The van der Waals surface area contributed by atoms with E-state index in [0.717, 1.165) is 36.9 Å². The molecule has 0 radical (unpaired) electrons. The number of aliphatic hydroxyl groups excluding tert-OH is 1. The molecule has 2 aliphatic rings. The van der Waals surface area contributed by atoms with Crippen LogP contribution < -0.4 is 10.5 Å². The van der Waals surface area contributed by atoms with Gasteiger partial charge in [0.15, 0.2) is 0 Å². The highest BCUT2D eigenvalue weighted by atomic mass is 19.1. The molecule has 8 nitrogen and oxygen atoms in total. The van der Waals surface area contributed by atoms with Gasteiger partial charge >= 0.3 is 0 Å². The number of amides is 2. The molecule has 2 aromatic rings. The number of hydrogen-bond donors (Lipinski definition) is 2. The van der Waals surface area contributed by atoms with Crippen molar-refractivity contribution in [1.82, 2.24) is 9.80 Å². The summed E-state index contributed by atoms with van der Waals surface area (Å²) in [7, 11) is 0. The molecular formula is C31H38F2N4O4. The maximum absolute atomic E-state index is 15.1. The largest absolute Gasteiger partial charge is 0.493 e. The lowest BCUT2D eigenvalue weighted by Gasteiger charge is -2.36. The Hall–Kier alpha value is -3.55. The Morgan fingerprint density at radius 3 is 2.46 bits per heavy atom. The number of rotatable bonds is 10. The van der Waals surface area contributed by atoms with Crippen molar-refractivity contribution >= 4 is 11.8 Å². The number of carbonyl (C=O) groups excluding carboxylic acids is 2. The first-order valence-corrected chi connectivity index (χ1v) is 14.3. The molecule has 41 heavy (non-hydrogen) atoms. The lowest BCUT2D eigenvalue weighted by molar-refractivity contribution is -0.124. The van der Waals surface area contributed by atoms with Crippen LogP contribution in [0, 0.1) is 23.1 Å². The van der Waals surface area contributed by atoms with Crippen molar-refractivity contribution in [3.8, 4) is 22.9 Å². The van der Waals surface area contributed by atoms with Gasteiger partial charge in [-0.1, -0.05) is 26.0 Å². The summed E-state index contributed by atoms with van der Waals surface area (Å²) in [5.74, 6) is -1.68. The van der Waals surface area contributed by atoms with Gasteiger partial charge < -0.3 is 25.4 Å². The van der Waals surface area contributed by atoms with Crippen LogP contribution in [0.5, 0.6) is 5.75 Å². The third-order valence-corrected chi connectivity index (χ3v) is 8.51.